The summed E-state index contributed by atoms with van der Waals surface area (Å²) in [6.07, 6.45) is 0. The van der Waals surface area contributed by atoms with Crippen molar-refractivity contribution in [2.24, 2.45) is 5.92 Å². The van der Waals surface area contributed by atoms with Crippen molar-refractivity contribution >= 4 is 28.5 Å². The van der Waals surface area contributed by atoms with Crippen LogP contribution in [0.15, 0.2) is 9.21 Å². The molecule has 2 amide bonds. The summed E-state index contributed by atoms with van der Waals surface area (Å²) in [6.45, 7) is 11.7. The van der Waals surface area contributed by atoms with Crippen LogP contribution < -0.4 is 16.2 Å². The molecular weight excluding hydrogens is 388 g/mol. The van der Waals surface area contributed by atoms with Crippen LogP contribution in [0.4, 0.5) is 5.88 Å². The number of carbonyl (C=O) groups excluding carboxylic acids is 2. The molecule has 2 aromatic heterocycles. The molecule has 2 aromatic rings. The quantitative estimate of drug-likeness (QED) is 0.597. The molecule has 1 aliphatic rings. The number of fused-ring (bicyclic) bond motifs is 1. The highest BCUT2D eigenvalue weighted by Crippen LogP contribution is 2.28. The van der Waals surface area contributed by atoms with Gasteiger partial charge in [0, 0.05) is 32.7 Å². The van der Waals surface area contributed by atoms with Gasteiger partial charge in [-0.2, -0.15) is 5.10 Å². The average Bonchev–Trinajstić information content (AvgIpc) is 3.01. The van der Waals surface area contributed by atoms with Crippen LogP contribution in [0, 0.1) is 19.8 Å². The minimum Gasteiger partial charge on any atom is -0.444 e. The van der Waals surface area contributed by atoms with Gasteiger partial charge in [-0.25, -0.2) is 5.10 Å². The molecule has 0 saturated carbocycles. The lowest BCUT2D eigenvalue weighted by Crippen LogP contribution is -2.51. The van der Waals surface area contributed by atoms with Gasteiger partial charge in [-0.15, -0.1) is 0 Å². The van der Waals surface area contributed by atoms with E-state index in [4.69, 9.17) is 4.42 Å². The molecule has 3 N–H and O–H groups in total. The summed E-state index contributed by atoms with van der Waals surface area (Å²) in [4.78, 5) is 40.8. The number of nitrogens with zero attached hydrogens (tertiary/aromatic N) is 3. The Kier molecular flexibility index (Phi) is 6.88. The van der Waals surface area contributed by atoms with E-state index < -0.39 is 5.56 Å². The zero-order valence-corrected chi connectivity index (χ0v) is 18.0. The molecule has 1 aliphatic heterocycles. The van der Waals surface area contributed by atoms with Crippen molar-refractivity contribution in [3.8, 4) is 0 Å². The molecule has 0 atom stereocenters. The SMILES string of the molecule is Cc1n[nH]c(=O)c2c(NC(=O)CN3CCN(CC(=O)NCC(C)C)CC3)oc(C)c12. The Morgan fingerprint density at radius 1 is 1.07 bits per heavy atom. The lowest BCUT2D eigenvalue weighted by Gasteiger charge is -2.33. The maximum Gasteiger partial charge on any atom is 0.277 e. The van der Waals surface area contributed by atoms with E-state index in [1.54, 1.807) is 13.8 Å². The van der Waals surface area contributed by atoms with E-state index >= 15 is 0 Å². The summed E-state index contributed by atoms with van der Waals surface area (Å²) < 4.78 is 5.62. The Bertz CT molecular complexity index is 972. The number of aryl methyl sites for hydroxylation is 2. The molecule has 3 rings (SSSR count). The molecule has 0 aliphatic carbocycles. The normalized spacial score (nSPS) is 15.6. The van der Waals surface area contributed by atoms with Crippen molar-refractivity contribution in [1.82, 2.24) is 25.3 Å². The zero-order chi connectivity index (χ0) is 21.8. The Morgan fingerprint density at radius 2 is 1.67 bits per heavy atom. The first-order chi connectivity index (χ1) is 14.2. The first-order valence-corrected chi connectivity index (χ1v) is 10.2. The summed E-state index contributed by atoms with van der Waals surface area (Å²) in [5, 5.41) is 12.9. The molecule has 3 heterocycles. The van der Waals surface area contributed by atoms with Crippen LogP contribution in [-0.4, -0.2) is 77.6 Å². The second kappa shape index (κ2) is 9.40. The van der Waals surface area contributed by atoms with Gasteiger partial charge in [0.05, 0.1) is 24.2 Å². The Morgan fingerprint density at radius 3 is 2.27 bits per heavy atom. The molecule has 0 spiro atoms. The highest BCUT2D eigenvalue weighted by atomic mass is 16.4. The summed E-state index contributed by atoms with van der Waals surface area (Å²) in [5.74, 6) is 0.906. The largest absolute Gasteiger partial charge is 0.444 e. The van der Waals surface area contributed by atoms with Crippen LogP contribution in [0.1, 0.15) is 25.3 Å². The fraction of sp³-hybridized carbons (Fsp3) is 0.600. The number of aromatic amines is 1. The molecule has 0 radical (unpaired) electrons. The molecule has 10 heteroatoms. The third-order valence-electron chi connectivity index (χ3n) is 5.16. The third-order valence-corrected chi connectivity index (χ3v) is 5.16. The van der Waals surface area contributed by atoms with Crippen LogP contribution in [0.2, 0.25) is 0 Å². The maximum absolute atomic E-state index is 12.5. The molecular formula is C20H30N6O4. The first-order valence-electron chi connectivity index (χ1n) is 10.2. The number of aromatic nitrogens is 2. The number of carbonyl (C=O) groups is 2. The highest BCUT2D eigenvalue weighted by Gasteiger charge is 2.23. The number of rotatable bonds is 7. The van der Waals surface area contributed by atoms with Gasteiger partial charge in [-0.05, 0) is 19.8 Å². The predicted molar refractivity (Wildman–Crippen MR) is 113 cm³/mol. The highest BCUT2D eigenvalue weighted by molar-refractivity contribution is 6.01. The Labute approximate surface area is 175 Å². The lowest BCUT2D eigenvalue weighted by molar-refractivity contribution is -0.123. The third kappa shape index (κ3) is 5.25. The van der Waals surface area contributed by atoms with Crippen molar-refractivity contribution in [3.63, 3.8) is 0 Å². The number of furan rings is 1. The molecule has 1 fully saturated rings. The number of amides is 2. The standard InChI is InChI=1S/C20H30N6O4/c1-12(2)9-21-15(27)10-25-5-7-26(8-6-25)11-16(28)22-20-18-17(14(4)30-20)13(3)23-24-19(18)29/h12H,5-11H2,1-4H3,(H,21,27)(H,22,28)(H,24,29). The second-order valence-electron chi connectivity index (χ2n) is 8.17. The van der Waals surface area contributed by atoms with Gasteiger partial charge in [-0.1, -0.05) is 13.8 Å². The number of hydrogen-bond donors (Lipinski definition) is 3. The van der Waals surface area contributed by atoms with Crippen molar-refractivity contribution in [1.29, 1.82) is 0 Å². The van der Waals surface area contributed by atoms with Gasteiger partial charge in [-0.3, -0.25) is 29.5 Å². The monoisotopic (exact) mass is 418 g/mol. The minimum atomic E-state index is -0.396. The van der Waals surface area contributed by atoms with Crippen LogP contribution >= 0.6 is 0 Å². The molecule has 30 heavy (non-hydrogen) atoms. The van der Waals surface area contributed by atoms with Crippen LogP contribution in [-0.2, 0) is 9.59 Å². The summed E-state index contributed by atoms with van der Waals surface area (Å²) in [5.41, 5.74) is 0.243. The van der Waals surface area contributed by atoms with Crippen molar-refractivity contribution in [2.45, 2.75) is 27.7 Å². The van der Waals surface area contributed by atoms with Gasteiger partial charge in [0.15, 0.2) is 0 Å². The Balaban J connectivity index is 1.51. The molecule has 10 nitrogen and oxygen atoms in total. The molecule has 164 valence electrons. The number of H-pyrrole nitrogens is 1. The van der Waals surface area contributed by atoms with Gasteiger partial charge in [0.1, 0.15) is 11.1 Å². The van der Waals surface area contributed by atoms with Crippen LogP contribution in [0.3, 0.4) is 0 Å². The zero-order valence-electron chi connectivity index (χ0n) is 18.0. The minimum absolute atomic E-state index is 0.0324. The maximum atomic E-state index is 12.5. The van der Waals surface area contributed by atoms with E-state index in [1.807, 2.05) is 4.90 Å². The van der Waals surface area contributed by atoms with Crippen molar-refractivity contribution in [3.05, 3.63) is 21.8 Å². The number of nitrogens with one attached hydrogen (secondary N) is 3. The number of piperazine rings is 1. The lowest BCUT2D eigenvalue weighted by atomic mass is 10.2. The molecule has 1 saturated heterocycles. The fourth-order valence-electron chi connectivity index (χ4n) is 3.58. The molecule has 0 aromatic carbocycles. The van der Waals surface area contributed by atoms with Gasteiger partial charge >= 0.3 is 0 Å². The van der Waals surface area contributed by atoms with E-state index in [2.05, 4.69) is 39.6 Å². The van der Waals surface area contributed by atoms with Gasteiger partial charge in [0.25, 0.3) is 5.56 Å². The smallest absolute Gasteiger partial charge is 0.277 e. The number of hydrogen-bond acceptors (Lipinski definition) is 7. The summed E-state index contributed by atoms with van der Waals surface area (Å²) in [7, 11) is 0. The van der Waals surface area contributed by atoms with Gasteiger partial charge in [0.2, 0.25) is 17.7 Å². The summed E-state index contributed by atoms with van der Waals surface area (Å²) >= 11 is 0. The van der Waals surface area contributed by atoms with E-state index in [9.17, 15) is 14.4 Å². The van der Waals surface area contributed by atoms with Crippen LogP contribution in [0.5, 0.6) is 0 Å². The van der Waals surface area contributed by atoms with Crippen molar-refractivity contribution < 1.29 is 14.0 Å². The molecule has 0 unspecified atom stereocenters. The van der Waals surface area contributed by atoms with E-state index in [1.165, 1.54) is 0 Å². The van der Waals surface area contributed by atoms with Crippen LogP contribution in [0.25, 0.3) is 10.8 Å². The topological polar surface area (TPSA) is 124 Å². The Hall–Kier alpha value is -2.72. The first kappa shape index (κ1) is 22.0. The second-order valence-corrected chi connectivity index (χ2v) is 8.17. The van der Waals surface area contributed by atoms with E-state index in [-0.39, 0.29) is 24.2 Å². The summed E-state index contributed by atoms with van der Waals surface area (Å²) in [6, 6.07) is 0. The van der Waals surface area contributed by atoms with Gasteiger partial charge < -0.3 is 9.73 Å². The molecule has 0 bridgehead atoms. The fourth-order valence-corrected chi connectivity index (χ4v) is 3.58. The van der Waals surface area contributed by atoms with E-state index in [0.29, 0.717) is 54.3 Å². The predicted octanol–water partition coefficient (Wildman–Crippen LogP) is 0.461. The number of anilines is 1. The van der Waals surface area contributed by atoms with Crippen molar-refractivity contribution in [2.75, 3.05) is 51.1 Å². The average molecular weight is 418 g/mol. The van der Waals surface area contributed by atoms with E-state index in [0.717, 1.165) is 13.1 Å².